The van der Waals surface area contributed by atoms with Gasteiger partial charge >= 0.3 is 5.97 Å². The van der Waals surface area contributed by atoms with Crippen LogP contribution in [0.5, 0.6) is 11.5 Å². The van der Waals surface area contributed by atoms with Crippen LogP contribution in [0.4, 0.5) is 0 Å². The summed E-state index contributed by atoms with van der Waals surface area (Å²) in [4.78, 5) is 17.2. The first-order chi connectivity index (χ1) is 9.53. The minimum absolute atomic E-state index is 0.0739. The van der Waals surface area contributed by atoms with Gasteiger partial charge in [0.2, 0.25) is 0 Å². The number of rotatable bonds is 8. The zero-order valence-electron chi connectivity index (χ0n) is 12.4. The molecule has 0 bridgehead atoms. The highest BCUT2D eigenvalue weighted by Gasteiger charge is 2.19. The van der Waals surface area contributed by atoms with Gasteiger partial charge in [-0.3, -0.25) is 14.7 Å². The number of carbonyl (C=O) groups is 1. The molecule has 0 amide bonds. The van der Waals surface area contributed by atoms with Crippen molar-refractivity contribution in [1.82, 2.24) is 9.88 Å². The number of hydrogen-bond donors (Lipinski definition) is 1. The number of pyridine rings is 1. The molecule has 1 unspecified atom stereocenters. The highest BCUT2D eigenvalue weighted by Crippen LogP contribution is 2.30. The van der Waals surface area contributed by atoms with E-state index >= 15 is 0 Å². The molecule has 1 aromatic heterocycles. The summed E-state index contributed by atoms with van der Waals surface area (Å²) in [5.74, 6) is 0.414. The quantitative estimate of drug-likeness (QED) is 0.783. The standard InChI is InChI=1S/C14H22N2O4/c1-5-16(10(2)8-13(17)18)9-11-14(20-4)12(19-3)6-7-15-11/h6-7,10H,5,8-9H2,1-4H3,(H,17,18). The zero-order valence-corrected chi connectivity index (χ0v) is 12.4. The van der Waals surface area contributed by atoms with Crippen LogP contribution in [0, 0.1) is 0 Å². The molecule has 1 atom stereocenters. The SMILES string of the molecule is CCN(Cc1nccc(OC)c1OC)C(C)CC(=O)O. The molecular formula is C14H22N2O4. The third kappa shape index (κ3) is 4.09. The van der Waals surface area contributed by atoms with Crippen LogP contribution < -0.4 is 9.47 Å². The summed E-state index contributed by atoms with van der Waals surface area (Å²) in [5.41, 5.74) is 0.742. The first kappa shape index (κ1) is 16.2. The Bertz CT molecular complexity index is 451. The number of aromatic nitrogens is 1. The van der Waals surface area contributed by atoms with Crippen LogP contribution in [0.3, 0.4) is 0 Å². The Hall–Kier alpha value is -1.82. The van der Waals surface area contributed by atoms with Crippen LogP contribution in [0.1, 0.15) is 26.0 Å². The molecule has 0 aliphatic heterocycles. The Morgan fingerprint density at radius 3 is 2.65 bits per heavy atom. The molecule has 1 N–H and O–H groups in total. The molecular weight excluding hydrogens is 260 g/mol. The van der Waals surface area contributed by atoms with Crippen molar-refractivity contribution < 1.29 is 19.4 Å². The van der Waals surface area contributed by atoms with Gasteiger partial charge < -0.3 is 14.6 Å². The number of methoxy groups -OCH3 is 2. The number of hydrogen-bond acceptors (Lipinski definition) is 5. The second-order valence-corrected chi connectivity index (χ2v) is 4.50. The van der Waals surface area contributed by atoms with Crippen molar-refractivity contribution in [2.75, 3.05) is 20.8 Å². The lowest BCUT2D eigenvalue weighted by atomic mass is 10.2. The fourth-order valence-electron chi connectivity index (χ4n) is 2.12. The number of nitrogens with zero attached hydrogens (tertiary/aromatic N) is 2. The van der Waals surface area contributed by atoms with Crippen LogP contribution >= 0.6 is 0 Å². The lowest BCUT2D eigenvalue weighted by molar-refractivity contribution is -0.138. The molecule has 0 radical (unpaired) electrons. The van der Waals surface area contributed by atoms with Gasteiger partial charge in [-0.15, -0.1) is 0 Å². The maximum absolute atomic E-state index is 10.8. The topological polar surface area (TPSA) is 71.9 Å². The van der Waals surface area contributed by atoms with E-state index < -0.39 is 5.97 Å². The van der Waals surface area contributed by atoms with Gasteiger partial charge in [0.25, 0.3) is 0 Å². The summed E-state index contributed by atoms with van der Waals surface area (Å²) in [5, 5.41) is 8.89. The molecule has 6 nitrogen and oxygen atoms in total. The van der Waals surface area contributed by atoms with Crippen LogP contribution in [0.25, 0.3) is 0 Å². The van der Waals surface area contributed by atoms with Crippen LogP contribution in [0.2, 0.25) is 0 Å². The first-order valence-corrected chi connectivity index (χ1v) is 6.55. The number of aliphatic carboxylic acids is 1. The molecule has 0 aliphatic rings. The second-order valence-electron chi connectivity index (χ2n) is 4.50. The molecule has 0 saturated carbocycles. The molecule has 0 fully saturated rings. The van der Waals surface area contributed by atoms with E-state index in [4.69, 9.17) is 14.6 Å². The number of carboxylic acids is 1. The average Bonchev–Trinajstić information content (AvgIpc) is 2.43. The minimum Gasteiger partial charge on any atom is -0.493 e. The Labute approximate surface area is 119 Å². The Balaban J connectivity index is 2.92. The summed E-state index contributed by atoms with van der Waals surface area (Å²) < 4.78 is 10.6. The van der Waals surface area contributed by atoms with E-state index in [0.717, 1.165) is 12.2 Å². The predicted molar refractivity (Wildman–Crippen MR) is 75.1 cm³/mol. The van der Waals surface area contributed by atoms with Crippen molar-refractivity contribution in [3.63, 3.8) is 0 Å². The monoisotopic (exact) mass is 282 g/mol. The van der Waals surface area contributed by atoms with E-state index in [0.29, 0.717) is 18.0 Å². The smallest absolute Gasteiger partial charge is 0.304 e. The van der Waals surface area contributed by atoms with Gasteiger partial charge in [-0.25, -0.2) is 0 Å². The molecule has 20 heavy (non-hydrogen) atoms. The molecule has 0 aliphatic carbocycles. The Morgan fingerprint density at radius 1 is 1.45 bits per heavy atom. The largest absolute Gasteiger partial charge is 0.493 e. The molecule has 0 saturated heterocycles. The van der Waals surface area contributed by atoms with Crippen LogP contribution in [0.15, 0.2) is 12.3 Å². The maximum Gasteiger partial charge on any atom is 0.304 e. The normalized spacial score (nSPS) is 12.2. The Kier molecular flexibility index (Phi) is 6.24. The third-order valence-electron chi connectivity index (χ3n) is 3.22. The number of carboxylic acid groups (broad SMARTS) is 1. The summed E-state index contributed by atoms with van der Waals surface area (Å²) in [6.45, 7) is 5.14. The molecule has 1 heterocycles. The second kappa shape index (κ2) is 7.69. The summed E-state index contributed by atoms with van der Waals surface area (Å²) >= 11 is 0. The van der Waals surface area contributed by atoms with Crippen molar-refractivity contribution >= 4 is 5.97 Å². The maximum atomic E-state index is 10.8. The van der Waals surface area contributed by atoms with Crippen molar-refractivity contribution in [2.24, 2.45) is 0 Å². The highest BCUT2D eigenvalue weighted by atomic mass is 16.5. The van der Waals surface area contributed by atoms with Gasteiger partial charge in [0.15, 0.2) is 11.5 Å². The fraction of sp³-hybridized carbons (Fsp3) is 0.571. The van der Waals surface area contributed by atoms with Gasteiger partial charge in [-0.05, 0) is 13.5 Å². The summed E-state index contributed by atoms with van der Waals surface area (Å²) in [7, 11) is 3.15. The number of ether oxygens (including phenoxy) is 2. The first-order valence-electron chi connectivity index (χ1n) is 6.55. The van der Waals surface area contributed by atoms with Crippen LogP contribution in [-0.4, -0.2) is 47.8 Å². The zero-order chi connectivity index (χ0) is 15.1. The van der Waals surface area contributed by atoms with Gasteiger partial charge in [0, 0.05) is 24.8 Å². The van der Waals surface area contributed by atoms with Gasteiger partial charge in [-0.1, -0.05) is 6.92 Å². The van der Waals surface area contributed by atoms with Crippen molar-refractivity contribution in [3.8, 4) is 11.5 Å². The molecule has 1 aromatic rings. The molecule has 112 valence electrons. The van der Waals surface area contributed by atoms with E-state index in [9.17, 15) is 4.79 Å². The molecule has 1 rings (SSSR count). The van der Waals surface area contributed by atoms with E-state index in [2.05, 4.69) is 4.98 Å². The molecule has 6 heteroatoms. The van der Waals surface area contributed by atoms with Crippen LogP contribution in [-0.2, 0) is 11.3 Å². The van der Waals surface area contributed by atoms with Crippen molar-refractivity contribution in [1.29, 1.82) is 0 Å². The Morgan fingerprint density at radius 2 is 2.15 bits per heavy atom. The minimum atomic E-state index is -0.804. The summed E-state index contributed by atoms with van der Waals surface area (Å²) in [6, 6.07) is 1.66. The van der Waals surface area contributed by atoms with E-state index in [-0.39, 0.29) is 12.5 Å². The van der Waals surface area contributed by atoms with Gasteiger partial charge in [-0.2, -0.15) is 0 Å². The average molecular weight is 282 g/mol. The van der Waals surface area contributed by atoms with Crippen molar-refractivity contribution in [3.05, 3.63) is 18.0 Å². The van der Waals surface area contributed by atoms with Gasteiger partial charge in [0.05, 0.1) is 20.6 Å². The highest BCUT2D eigenvalue weighted by molar-refractivity contribution is 5.67. The van der Waals surface area contributed by atoms with Crippen molar-refractivity contribution in [2.45, 2.75) is 32.9 Å². The van der Waals surface area contributed by atoms with Gasteiger partial charge in [0.1, 0.15) is 5.69 Å². The third-order valence-corrected chi connectivity index (χ3v) is 3.22. The molecule has 0 aromatic carbocycles. The van der Waals surface area contributed by atoms with E-state index in [1.54, 1.807) is 26.5 Å². The predicted octanol–water partition coefficient (Wildman–Crippen LogP) is 1.78. The molecule has 0 spiro atoms. The lowest BCUT2D eigenvalue weighted by Gasteiger charge is -2.27. The van der Waals surface area contributed by atoms with E-state index in [1.165, 1.54) is 0 Å². The van der Waals surface area contributed by atoms with E-state index in [1.807, 2.05) is 18.7 Å². The lowest BCUT2D eigenvalue weighted by Crippen LogP contribution is -2.34. The fourth-order valence-corrected chi connectivity index (χ4v) is 2.12. The summed E-state index contributed by atoms with van der Waals surface area (Å²) in [6.07, 6.45) is 1.76.